The van der Waals surface area contributed by atoms with E-state index in [1.54, 1.807) is 62.6 Å². The molecule has 0 atom stereocenters. The van der Waals surface area contributed by atoms with Crippen LogP contribution < -0.4 is 4.74 Å². The highest BCUT2D eigenvalue weighted by Crippen LogP contribution is 2.46. The van der Waals surface area contributed by atoms with Gasteiger partial charge in [0.05, 0.1) is 17.8 Å². The molecular weight excluding hydrogens is 465 g/mol. The summed E-state index contributed by atoms with van der Waals surface area (Å²) in [7, 11) is -3.04. The first kappa shape index (κ1) is 26.8. The van der Waals surface area contributed by atoms with Crippen LogP contribution in [0.2, 0.25) is 0 Å². The summed E-state index contributed by atoms with van der Waals surface area (Å²) in [6, 6.07) is 15.4. The molecule has 10 heteroatoms. The molecule has 0 radical (unpaired) electrons. The molecule has 0 spiro atoms. The molecule has 0 heterocycles. The molecule has 8 nitrogen and oxygen atoms in total. The van der Waals surface area contributed by atoms with Gasteiger partial charge in [-0.3, -0.25) is 9.36 Å². The predicted molar refractivity (Wildman–Crippen MR) is 127 cm³/mol. The lowest BCUT2D eigenvalue weighted by Crippen LogP contribution is -2.33. The molecule has 0 aromatic heterocycles. The van der Waals surface area contributed by atoms with E-state index in [9.17, 15) is 17.8 Å². The summed E-state index contributed by atoms with van der Waals surface area (Å²) in [5, 5.41) is 0. The first-order valence-electron chi connectivity index (χ1n) is 10.2. The molecular formula is C23H30NO7PS. The van der Waals surface area contributed by atoms with Crippen LogP contribution in [0.15, 0.2) is 71.1 Å². The van der Waals surface area contributed by atoms with E-state index < -0.39 is 29.5 Å². The highest BCUT2D eigenvalue weighted by molar-refractivity contribution is 7.91. The van der Waals surface area contributed by atoms with Gasteiger partial charge in [-0.2, -0.15) is 0 Å². The van der Waals surface area contributed by atoms with Crippen LogP contribution in [0.4, 0.5) is 0 Å². The number of methoxy groups -OCH3 is 1. The molecule has 33 heavy (non-hydrogen) atoms. The number of rotatable bonds is 12. The number of carbonyl (C=O) groups is 1. The summed E-state index contributed by atoms with van der Waals surface area (Å²) in [6.45, 7) is 2.06. The third-order valence-corrected chi connectivity index (χ3v) is 8.55. The number of hydrogen-bond donors (Lipinski definition) is 0. The monoisotopic (exact) mass is 495 g/mol. The summed E-state index contributed by atoms with van der Waals surface area (Å²) in [5.74, 6) is 0.0746. The molecule has 0 bridgehead atoms. The van der Waals surface area contributed by atoms with Crippen LogP contribution in [0.5, 0.6) is 5.75 Å². The van der Waals surface area contributed by atoms with Crippen LogP contribution in [0, 0.1) is 0 Å². The first-order chi connectivity index (χ1) is 15.6. The summed E-state index contributed by atoms with van der Waals surface area (Å²) in [5.41, 5.74) is 1.42. The maximum Gasteiger partial charge on any atom is 0.339 e. The van der Waals surface area contributed by atoms with Crippen molar-refractivity contribution in [3.63, 3.8) is 0 Å². The Bertz CT molecular complexity index is 1090. The quantitative estimate of drug-likeness (QED) is 0.325. The maximum absolute atomic E-state index is 12.9. The average molecular weight is 496 g/mol. The third-order valence-electron chi connectivity index (χ3n) is 4.95. The SMILES string of the molecule is COc1ccc(CN(C/C=C(\C)CS(=O)(=O)c2ccccc2)C(=O)CP(=O)(OC)OC)cc1. The molecule has 2 aromatic carbocycles. The fourth-order valence-electron chi connectivity index (χ4n) is 3.01. The van der Waals surface area contributed by atoms with Crippen LogP contribution in [0.3, 0.4) is 0 Å². The fraction of sp³-hybridized carbons (Fsp3) is 0.348. The average Bonchev–Trinajstić information content (AvgIpc) is 2.82. The third kappa shape index (κ3) is 8.12. The van der Waals surface area contributed by atoms with Gasteiger partial charge in [-0.1, -0.05) is 42.0 Å². The van der Waals surface area contributed by atoms with Crippen molar-refractivity contribution in [1.29, 1.82) is 0 Å². The number of benzene rings is 2. The van der Waals surface area contributed by atoms with E-state index in [0.29, 0.717) is 11.3 Å². The number of amides is 1. The standard InChI is InChI=1S/C23H30NO7PS/c1-19(18-33(27,28)22-8-6-5-7-9-22)14-15-24(23(25)17-32(26,30-3)31-4)16-20-10-12-21(29-2)13-11-20/h5-14H,15-18H2,1-4H3/b19-14+. The van der Waals surface area contributed by atoms with Gasteiger partial charge in [0, 0.05) is 27.3 Å². The van der Waals surface area contributed by atoms with Gasteiger partial charge >= 0.3 is 7.60 Å². The zero-order valence-corrected chi connectivity index (χ0v) is 21.0. The summed E-state index contributed by atoms with van der Waals surface area (Å²) >= 11 is 0. The molecule has 0 saturated heterocycles. The Labute approximate surface area is 195 Å². The van der Waals surface area contributed by atoms with E-state index >= 15 is 0 Å². The van der Waals surface area contributed by atoms with Gasteiger partial charge < -0.3 is 18.7 Å². The van der Waals surface area contributed by atoms with Crippen molar-refractivity contribution in [2.75, 3.05) is 39.8 Å². The molecule has 2 aromatic rings. The van der Waals surface area contributed by atoms with E-state index in [1.165, 1.54) is 19.1 Å². The second-order valence-corrected chi connectivity index (χ2v) is 11.6. The molecule has 180 valence electrons. The normalized spacial score (nSPS) is 12.4. The Kier molecular flexibility index (Phi) is 9.86. The van der Waals surface area contributed by atoms with Crippen molar-refractivity contribution in [3.05, 3.63) is 71.8 Å². The minimum absolute atomic E-state index is 0.133. The molecule has 1 amide bonds. The van der Waals surface area contributed by atoms with Crippen LogP contribution in [-0.2, 0) is 34.8 Å². The van der Waals surface area contributed by atoms with Crippen molar-refractivity contribution >= 4 is 23.3 Å². The van der Waals surface area contributed by atoms with Gasteiger partial charge in [0.15, 0.2) is 9.84 Å². The lowest BCUT2D eigenvalue weighted by molar-refractivity contribution is -0.128. The first-order valence-corrected chi connectivity index (χ1v) is 13.5. The lowest BCUT2D eigenvalue weighted by atomic mass is 10.2. The lowest BCUT2D eigenvalue weighted by Gasteiger charge is -2.24. The number of ether oxygens (including phenoxy) is 1. The second-order valence-electron chi connectivity index (χ2n) is 7.38. The fourth-order valence-corrected chi connectivity index (χ4v) is 5.41. The Morgan fingerprint density at radius 2 is 1.61 bits per heavy atom. The van der Waals surface area contributed by atoms with Crippen LogP contribution >= 0.6 is 7.60 Å². The minimum Gasteiger partial charge on any atom is -0.497 e. The highest BCUT2D eigenvalue weighted by atomic mass is 32.2. The molecule has 0 fully saturated rings. The Balaban J connectivity index is 2.20. The molecule has 0 aliphatic carbocycles. The maximum atomic E-state index is 12.9. The van der Waals surface area contributed by atoms with Crippen molar-refractivity contribution in [3.8, 4) is 5.75 Å². The van der Waals surface area contributed by atoms with Gasteiger partial charge in [-0.25, -0.2) is 8.42 Å². The molecule has 0 saturated carbocycles. The van der Waals surface area contributed by atoms with Crippen LogP contribution in [-0.4, -0.2) is 59.0 Å². The Hall–Kier alpha value is -2.45. The van der Waals surface area contributed by atoms with E-state index in [-0.39, 0.29) is 23.7 Å². The molecule has 0 aliphatic rings. The van der Waals surface area contributed by atoms with Crippen molar-refractivity contribution in [2.24, 2.45) is 0 Å². The van der Waals surface area contributed by atoms with E-state index in [4.69, 9.17) is 13.8 Å². The zero-order valence-electron chi connectivity index (χ0n) is 19.3. The van der Waals surface area contributed by atoms with E-state index in [0.717, 1.165) is 5.56 Å². The van der Waals surface area contributed by atoms with Crippen LogP contribution in [0.1, 0.15) is 12.5 Å². The number of hydrogen-bond acceptors (Lipinski definition) is 7. The number of nitrogens with zero attached hydrogens (tertiary/aromatic N) is 1. The predicted octanol–water partition coefficient (Wildman–Crippen LogP) is 3.93. The van der Waals surface area contributed by atoms with E-state index in [2.05, 4.69) is 0 Å². The van der Waals surface area contributed by atoms with Crippen molar-refractivity contribution < 1.29 is 31.6 Å². The smallest absolute Gasteiger partial charge is 0.339 e. The largest absolute Gasteiger partial charge is 0.497 e. The summed E-state index contributed by atoms with van der Waals surface area (Å²) in [6.07, 6.45) is 1.26. The van der Waals surface area contributed by atoms with Crippen molar-refractivity contribution in [2.45, 2.75) is 18.4 Å². The van der Waals surface area contributed by atoms with Gasteiger partial charge in [-0.05, 0) is 36.8 Å². The summed E-state index contributed by atoms with van der Waals surface area (Å²) < 4.78 is 52.7. The molecule has 0 N–H and O–H groups in total. The van der Waals surface area contributed by atoms with Gasteiger partial charge in [0.1, 0.15) is 11.9 Å². The van der Waals surface area contributed by atoms with Gasteiger partial charge in [0.2, 0.25) is 5.91 Å². The molecule has 2 rings (SSSR count). The Morgan fingerprint density at radius 1 is 1.00 bits per heavy atom. The number of carbonyl (C=O) groups excluding carboxylic acids is 1. The zero-order chi connectivity index (χ0) is 24.5. The topological polar surface area (TPSA) is 99.2 Å². The highest BCUT2D eigenvalue weighted by Gasteiger charge is 2.28. The summed E-state index contributed by atoms with van der Waals surface area (Å²) in [4.78, 5) is 14.7. The minimum atomic E-state index is -3.56. The second kappa shape index (κ2) is 12.1. The molecule has 0 unspecified atom stereocenters. The number of sulfone groups is 1. The van der Waals surface area contributed by atoms with Crippen LogP contribution in [0.25, 0.3) is 0 Å². The van der Waals surface area contributed by atoms with E-state index in [1.807, 2.05) is 12.1 Å². The molecule has 0 aliphatic heterocycles. The Morgan fingerprint density at radius 3 is 2.15 bits per heavy atom. The van der Waals surface area contributed by atoms with Crippen molar-refractivity contribution in [1.82, 2.24) is 4.90 Å². The van der Waals surface area contributed by atoms with Gasteiger partial charge in [0.25, 0.3) is 0 Å². The van der Waals surface area contributed by atoms with Gasteiger partial charge in [-0.15, -0.1) is 0 Å².